The van der Waals surface area contributed by atoms with Gasteiger partial charge in [-0.1, -0.05) is 29.8 Å². The summed E-state index contributed by atoms with van der Waals surface area (Å²) in [6.45, 7) is 0. The van der Waals surface area contributed by atoms with Crippen LogP contribution in [-0.4, -0.2) is 28.4 Å². The minimum Gasteiger partial charge on any atom is -0.496 e. The zero-order valence-corrected chi connectivity index (χ0v) is 13.9. The fourth-order valence-electron chi connectivity index (χ4n) is 2.15. The van der Waals surface area contributed by atoms with Gasteiger partial charge in [0.05, 0.1) is 29.9 Å². The maximum Gasteiger partial charge on any atom is 0.178 e. The maximum absolute atomic E-state index is 12.4. The molecule has 0 aliphatic carbocycles. The summed E-state index contributed by atoms with van der Waals surface area (Å²) in [6.07, 6.45) is 0.246. The molecule has 0 radical (unpaired) electrons. The Kier molecular flexibility index (Phi) is 5.32. The Balaban J connectivity index is 2.28. The van der Waals surface area contributed by atoms with Crippen molar-refractivity contribution in [1.82, 2.24) is 0 Å². The van der Waals surface area contributed by atoms with E-state index in [4.69, 9.17) is 21.1 Å². The van der Waals surface area contributed by atoms with Gasteiger partial charge in [0, 0.05) is 5.56 Å². The Morgan fingerprint density at radius 3 is 2.14 bits per heavy atom. The normalized spacial score (nSPS) is 11.2. The molecule has 0 spiro atoms. The summed E-state index contributed by atoms with van der Waals surface area (Å²) in [4.78, 5) is 0.299. The highest BCUT2D eigenvalue weighted by molar-refractivity contribution is 7.91. The third-order valence-electron chi connectivity index (χ3n) is 3.33. The average Bonchev–Trinajstić information content (AvgIpc) is 2.54. The predicted octanol–water partition coefficient (Wildman–Crippen LogP) is 3.37. The summed E-state index contributed by atoms with van der Waals surface area (Å²) < 4.78 is 35.1. The van der Waals surface area contributed by atoms with E-state index in [1.165, 1.54) is 14.2 Å². The highest BCUT2D eigenvalue weighted by atomic mass is 35.5. The minimum atomic E-state index is -3.37. The van der Waals surface area contributed by atoms with Crippen LogP contribution in [0.4, 0.5) is 0 Å². The van der Waals surface area contributed by atoms with Crippen molar-refractivity contribution in [2.24, 2.45) is 0 Å². The lowest BCUT2D eigenvalue weighted by molar-refractivity contribution is 0.399. The van der Waals surface area contributed by atoms with Crippen LogP contribution in [0, 0.1) is 0 Å². The quantitative estimate of drug-likeness (QED) is 0.809. The molecule has 0 N–H and O–H groups in total. The van der Waals surface area contributed by atoms with Gasteiger partial charge in [0.25, 0.3) is 0 Å². The molecule has 0 aliphatic heterocycles. The Morgan fingerprint density at radius 2 is 1.55 bits per heavy atom. The van der Waals surface area contributed by atoms with E-state index in [2.05, 4.69) is 0 Å². The van der Waals surface area contributed by atoms with Gasteiger partial charge >= 0.3 is 0 Å². The third kappa shape index (κ3) is 3.54. The van der Waals surface area contributed by atoms with Crippen LogP contribution in [0.2, 0.25) is 5.02 Å². The second kappa shape index (κ2) is 7.03. The standard InChI is InChI=1S/C16H17ClO4S/c1-20-14-8-9-15(21-2)16(17)13(14)10-11-22(18,19)12-6-4-3-5-7-12/h3-9H,10-11H2,1-2H3. The lowest BCUT2D eigenvalue weighted by Gasteiger charge is -2.13. The molecule has 0 saturated carbocycles. The molecule has 2 rings (SSSR count). The highest BCUT2D eigenvalue weighted by Crippen LogP contribution is 2.35. The summed E-state index contributed by atoms with van der Waals surface area (Å²) in [6, 6.07) is 11.8. The van der Waals surface area contributed by atoms with Gasteiger partial charge in [-0.05, 0) is 30.7 Å². The molecule has 0 fully saturated rings. The maximum atomic E-state index is 12.4. The first kappa shape index (κ1) is 16.6. The number of sulfone groups is 1. The zero-order chi connectivity index (χ0) is 16.2. The molecular weight excluding hydrogens is 324 g/mol. The Bertz CT molecular complexity index is 742. The van der Waals surface area contributed by atoms with Crippen molar-refractivity contribution in [2.45, 2.75) is 11.3 Å². The number of hydrogen-bond donors (Lipinski definition) is 0. The van der Waals surface area contributed by atoms with Gasteiger partial charge < -0.3 is 9.47 Å². The molecule has 0 aliphatic rings. The van der Waals surface area contributed by atoms with Gasteiger partial charge in [0.2, 0.25) is 0 Å². The fourth-order valence-corrected chi connectivity index (χ4v) is 3.75. The van der Waals surface area contributed by atoms with Crippen LogP contribution >= 0.6 is 11.6 Å². The van der Waals surface area contributed by atoms with Crippen LogP contribution in [0.15, 0.2) is 47.4 Å². The number of rotatable bonds is 6. The molecule has 4 nitrogen and oxygen atoms in total. The van der Waals surface area contributed by atoms with Crippen LogP contribution in [-0.2, 0) is 16.3 Å². The molecule has 2 aromatic rings. The summed E-state index contributed by atoms with van der Waals surface area (Å²) in [7, 11) is -0.342. The minimum absolute atomic E-state index is 0.0553. The Hall–Kier alpha value is -1.72. The van der Waals surface area contributed by atoms with Crippen molar-refractivity contribution < 1.29 is 17.9 Å². The second-order valence-corrected chi connectivity index (χ2v) is 7.13. The van der Waals surface area contributed by atoms with Gasteiger partial charge in [-0.3, -0.25) is 0 Å². The second-order valence-electron chi connectivity index (χ2n) is 4.64. The Morgan fingerprint density at radius 1 is 0.955 bits per heavy atom. The zero-order valence-electron chi connectivity index (χ0n) is 12.4. The van der Waals surface area contributed by atoms with Crippen LogP contribution < -0.4 is 9.47 Å². The highest BCUT2D eigenvalue weighted by Gasteiger charge is 2.18. The SMILES string of the molecule is COc1ccc(OC)c(CCS(=O)(=O)c2ccccc2)c1Cl. The molecule has 0 aromatic heterocycles. The number of hydrogen-bond acceptors (Lipinski definition) is 4. The molecular formula is C16H17ClO4S. The molecule has 6 heteroatoms. The molecule has 0 bridgehead atoms. The van der Waals surface area contributed by atoms with Crippen molar-refractivity contribution in [3.63, 3.8) is 0 Å². The third-order valence-corrected chi connectivity index (χ3v) is 5.47. The topological polar surface area (TPSA) is 52.6 Å². The first-order valence-corrected chi connectivity index (χ1v) is 8.70. The molecule has 0 atom stereocenters. The van der Waals surface area contributed by atoms with Gasteiger partial charge in [-0.2, -0.15) is 0 Å². The van der Waals surface area contributed by atoms with Crippen LogP contribution in [0.5, 0.6) is 11.5 Å². The lowest BCUT2D eigenvalue weighted by atomic mass is 10.1. The molecule has 22 heavy (non-hydrogen) atoms. The monoisotopic (exact) mass is 340 g/mol. The van der Waals surface area contributed by atoms with Gasteiger partial charge in [0.15, 0.2) is 9.84 Å². The van der Waals surface area contributed by atoms with E-state index >= 15 is 0 Å². The molecule has 0 amide bonds. The molecule has 118 valence electrons. The van der Waals surface area contributed by atoms with E-state index in [1.54, 1.807) is 42.5 Å². The Labute approximate surface area is 135 Å². The van der Waals surface area contributed by atoms with Crippen LogP contribution in [0.25, 0.3) is 0 Å². The van der Waals surface area contributed by atoms with Gasteiger partial charge in [0.1, 0.15) is 11.5 Å². The van der Waals surface area contributed by atoms with Gasteiger partial charge in [-0.25, -0.2) is 8.42 Å². The van der Waals surface area contributed by atoms with E-state index in [-0.39, 0.29) is 12.2 Å². The number of ether oxygens (including phenoxy) is 2. The summed E-state index contributed by atoms with van der Waals surface area (Å²) in [5.74, 6) is 0.990. The predicted molar refractivity (Wildman–Crippen MR) is 86.8 cm³/mol. The molecule has 2 aromatic carbocycles. The molecule has 0 heterocycles. The molecule has 0 unspecified atom stereocenters. The summed E-state index contributed by atoms with van der Waals surface area (Å²) in [5.41, 5.74) is 0.628. The first-order chi connectivity index (χ1) is 10.5. The number of halogens is 1. The van der Waals surface area contributed by atoms with E-state index in [1.807, 2.05) is 0 Å². The van der Waals surface area contributed by atoms with Crippen LogP contribution in [0.1, 0.15) is 5.56 Å². The van der Waals surface area contributed by atoms with E-state index in [9.17, 15) is 8.42 Å². The average molecular weight is 341 g/mol. The van der Waals surface area contributed by atoms with Crippen molar-refractivity contribution in [3.05, 3.63) is 53.1 Å². The van der Waals surface area contributed by atoms with E-state index in [0.717, 1.165) is 0 Å². The fraction of sp³-hybridized carbons (Fsp3) is 0.250. The summed E-state index contributed by atoms with van der Waals surface area (Å²) >= 11 is 6.27. The molecule has 0 saturated heterocycles. The van der Waals surface area contributed by atoms with E-state index in [0.29, 0.717) is 27.0 Å². The smallest absolute Gasteiger partial charge is 0.178 e. The van der Waals surface area contributed by atoms with Crippen molar-refractivity contribution in [3.8, 4) is 11.5 Å². The first-order valence-electron chi connectivity index (χ1n) is 6.66. The number of methoxy groups -OCH3 is 2. The lowest BCUT2D eigenvalue weighted by Crippen LogP contribution is -2.10. The van der Waals surface area contributed by atoms with Gasteiger partial charge in [-0.15, -0.1) is 0 Å². The van der Waals surface area contributed by atoms with E-state index < -0.39 is 9.84 Å². The van der Waals surface area contributed by atoms with Crippen molar-refractivity contribution in [1.29, 1.82) is 0 Å². The summed E-state index contributed by atoms with van der Waals surface area (Å²) in [5, 5.41) is 0.380. The number of benzene rings is 2. The van der Waals surface area contributed by atoms with Crippen LogP contribution in [0.3, 0.4) is 0 Å². The van der Waals surface area contributed by atoms with Crippen molar-refractivity contribution >= 4 is 21.4 Å². The van der Waals surface area contributed by atoms with Crippen molar-refractivity contribution in [2.75, 3.05) is 20.0 Å². The largest absolute Gasteiger partial charge is 0.496 e.